The summed E-state index contributed by atoms with van der Waals surface area (Å²) in [5, 5.41) is 9.94. The van der Waals surface area contributed by atoms with Crippen molar-refractivity contribution in [1.29, 1.82) is 0 Å². The number of anilines is 5. The minimum atomic E-state index is -0.0163. The van der Waals surface area contributed by atoms with Gasteiger partial charge >= 0.3 is 0 Å². The highest BCUT2D eigenvalue weighted by atomic mass is 16.5. The molecule has 3 aliphatic rings. The third-order valence-electron chi connectivity index (χ3n) is 13.5. The van der Waals surface area contributed by atoms with E-state index in [-0.39, 0.29) is 23.9 Å². The Hall–Kier alpha value is -7.04. The fraction of sp³-hybridized carbons (Fsp3) is 0.172. The summed E-state index contributed by atoms with van der Waals surface area (Å²) >= 11 is 0. The number of hydrogen-bond donors (Lipinski definition) is 0. The minimum absolute atomic E-state index is 0.0163. The van der Waals surface area contributed by atoms with Crippen LogP contribution in [0.2, 0.25) is 0 Å². The molecule has 0 fully saturated rings. The summed E-state index contributed by atoms with van der Waals surface area (Å²) in [5.74, 6) is 1.70. The summed E-state index contributed by atoms with van der Waals surface area (Å²) in [7, 11) is 0. The van der Waals surface area contributed by atoms with Gasteiger partial charge in [-0.1, -0.05) is 143 Å². The molecule has 2 atom stereocenters. The smallest absolute Gasteiger partial charge is 0.159 e. The van der Waals surface area contributed by atoms with E-state index in [0.717, 1.165) is 63.3 Å². The standard InChI is InChI=1S/C58H48N2O2/c1-35(2)47-33-51(59(37-17-7-5-8-18-37)49-25-15-23-43-39-21-11-13-27-53(39)61-57(43)49)45-32-30-42-48(36(3)4)34-52(46-31-29-41(47)55(45)56(42)46)60(38-19-9-6-10-20-38)50-26-16-24-44-40-22-12-14-28-54(40)62-58(44)50/h5-9,11-19,21-36,39,53H,10,20H2,1-4H3. The molecule has 1 aliphatic heterocycles. The second-order valence-corrected chi connectivity index (χ2v) is 17.8. The Kier molecular flexibility index (Phi) is 8.47. The molecule has 0 amide bonds. The van der Waals surface area contributed by atoms with Crippen molar-refractivity contribution in [2.24, 2.45) is 0 Å². The molecular formula is C58H48N2O2. The van der Waals surface area contributed by atoms with Crippen LogP contribution in [0.1, 0.15) is 75.0 Å². The molecule has 2 aliphatic carbocycles. The lowest BCUT2D eigenvalue weighted by molar-refractivity contribution is 0.269. The number of para-hydroxylation sites is 4. The number of fused-ring (bicyclic) bond motifs is 6. The third-order valence-corrected chi connectivity index (χ3v) is 13.5. The van der Waals surface area contributed by atoms with Gasteiger partial charge in [0.25, 0.3) is 0 Å². The Morgan fingerprint density at radius 1 is 0.548 bits per heavy atom. The van der Waals surface area contributed by atoms with E-state index in [1.54, 1.807) is 0 Å². The first-order valence-electron chi connectivity index (χ1n) is 22.3. The van der Waals surface area contributed by atoms with E-state index in [1.807, 2.05) is 0 Å². The largest absolute Gasteiger partial charge is 0.483 e. The van der Waals surface area contributed by atoms with Gasteiger partial charge in [0, 0.05) is 44.4 Å². The molecule has 8 aromatic carbocycles. The van der Waals surface area contributed by atoms with E-state index in [0.29, 0.717) is 0 Å². The van der Waals surface area contributed by atoms with Crippen molar-refractivity contribution >= 4 is 82.7 Å². The molecule has 0 saturated heterocycles. The van der Waals surface area contributed by atoms with E-state index in [4.69, 9.17) is 9.15 Å². The number of benzene rings is 8. The van der Waals surface area contributed by atoms with E-state index < -0.39 is 0 Å². The number of nitrogens with zero attached hydrogens (tertiary/aromatic N) is 2. The summed E-state index contributed by atoms with van der Waals surface area (Å²) < 4.78 is 13.7. The molecule has 1 aromatic heterocycles. The zero-order chi connectivity index (χ0) is 41.6. The van der Waals surface area contributed by atoms with Gasteiger partial charge in [0.1, 0.15) is 17.4 Å². The highest BCUT2D eigenvalue weighted by Gasteiger charge is 2.36. The zero-order valence-corrected chi connectivity index (χ0v) is 35.6. The molecule has 62 heavy (non-hydrogen) atoms. The first kappa shape index (κ1) is 36.8. The highest BCUT2D eigenvalue weighted by Crippen LogP contribution is 2.54. The van der Waals surface area contributed by atoms with Crippen LogP contribution >= 0.6 is 0 Å². The van der Waals surface area contributed by atoms with Crippen molar-refractivity contribution in [3.8, 4) is 5.75 Å². The molecule has 2 heterocycles. The minimum Gasteiger partial charge on any atom is -0.483 e. The van der Waals surface area contributed by atoms with Crippen LogP contribution < -0.4 is 14.5 Å². The topological polar surface area (TPSA) is 28.9 Å². The van der Waals surface area contributed by atoms with Crippen LogP contribution in [0.15, 0.2) is 180 Å². The number of rotatable bonds is 8. The second-order valence-electron chi connectivity index (χ2n) is 17.8. The maximum absolute atomic E-state index is 6.90. The molecule has 2 unspecified atom stereocenters. The number of furan rings is 1. The molecule has 0 spiro atoms. The summed E-state index contributed by atoms with van der Waals surface area (Å²) in [6, 6.07) is 47.1. The van der Waals surface area contributed by atoms with Gasteiger partial charge in [-0.2, -0.15) is 0 Å². The second kappa shape index (κ2) is 14.3. The predicted molar refractivity (Wildman–Crippen MR) is 261 cm³/mol. The van der Waals surface area contributed by atoms with Crippen molar-refractivity contribution in [2.75, 3.05) is 9.80 Å². The van der Waals surface area contributed by atoms with Gasteiger partial charge in [0.15, 0.2) is 5.58 Å². The van der Waals surface area contributed by atoms with Gasteiger partial charge in [0.05, 0.1) is 22.7 Å². The fourth-order valence-corrected chi connectivity index (χ4v) is 10.7. The fourth-order valence-electron chi connectivity index (χ4n) is 10.7. The first-order chi connectivity index (χ1) is 30.4. The van der Waals surface area contributed by atoms with Crippen molar-refractivity contribution < 1.29 is 9.15 Å². The molecule has 12 rings (SSSR count). The van der Waals surface area contributed by atoms with Crippen molar-refractivity contribution in [3.63, 3.8) is 0 Å². The Morgan fingerprint density at radius 3 is 1.92 bits per heavy atom. The number of allylic oxidation sites excluding steroid dienone is 6. The molecule has 0 N–H and O–H groups in total. The molecule has 4 heteroatoms. The average Bonchev–Trinajstić information content (AvgIpc) is 3.89. The molecule has 0 saturated carbocycles. The van der Waals surface area contributed by atoms with Crippen molar-refractivity contribution in [2.45, 2.75) is 64.4 Å². The highest BCUT2D eigenvalue weighted by molar-refractivity contribution is 6.29. The predicted octanol–water partition coefficient (Wildman–Crippen LogP) is 16.5. The van der Waals surface area contributed by atoms with E-state index in [1.165, 1.54) is 60.4 Å². The quantitative estimate of drug-likeness (QED) is 0.143. The number of hydrogen-bond acceptors (Lipinski definition) is 4. The zero-order valence-electron chi connectivity index (χ0n) is 35.6. The van der Waals surface area contributed by atoms with Gasteiger partial charge in [-0.3, -0.25) is 0 Å². The van der Waals surface area contributed by atoms with Gasteiger partial charge in [0.2, 0.25) is 0 Å². The number of ether oxygens (including phenoxy) is 1. The Morgan fingerprint density at radius 2 is 1.19 bits per heavy atom. The molecule has 302 valence electrons. The van der Waals surface area contributed by atoms with Crippen LogP contribution in [0.4, 0.5) is 28.4 Å². The summed E-state index contributed by atoms with van der Waals surface area (Å²) in [6.45, 7) is 9.34. The maximum Gasteiger partial charge on any atom is 0.159 e. The van der Waals surface area contributed by atoms with Crippen LogP contribution in [0.5, 0.6) is 5.75 Å². The van der Waals surface area contributed by atoms with E-state index >= 15 is 0 Å². The average molecular weight is 805 g/mol. The van der Waals surface area contributed by atoms with Crippen LogP contribution in [0, 0.1) is 0 Å². The Labute approximate surface area is 362 Å². The molecule has 0 bridgehead atoms. The van der Waals surface area contributed by atoms with Crippen LogP contribution in [0.25, 0.3) is 54.3 Å². The lowest BCUT2D eigenvalue weighted by atomic mass is 9.84. The molecule has 0 radical (unpaired) electrons. The van der Waals surface area contributed by atoms with Crippen LogP contribution in [0.3, 0.4) is 0 Å². The molecular weight excluding hydrogens is 757 g/mol. The van der Waals surface area contributed by atoms with E-state index in [9.17, 15) is 0 Å². The van der Waals surface area contributed by atoms with Crippen molar-refractivity contribution in [1.82, 2.24) is 0 Å². The monoisotopic (exact) mass is 804 g/mol. The third kappa shape index (κ3) is 5.52. The van der Waals surface area contributed by atoms with Gasteiger partial charge in [-0.15, -0.1) is 0 Å². The van der Waals surface area contributed by atoms with Gasteiger partial charge in [-0.25, -0.2) is 0 Å². The SMILES string of the molecule is CC(C)c1cc(N(C2=CC=CCC2)c2cccc3c2oc2ccccc23)c2ccc3c(C(C)C)cc(N(c4ccccc4)c4cccc5c4OC4C=CC=CC54)c4ccc1c2c34. The van der Waals surface area contributed by atoms with Crippen molar-refractivity contribution in [3.05, 3.63) is 192 Å². The normalized spacial score (nSPS) is 16.9. The summed E-state index contributed by atoms with van der Waals surface area (Å²) in [6.07, 6.45) is 17.4. The van der Waals surface area contributed by atoms with E-state index in [2.05, 4.69) is 207 Å². The molecule has 4 nitrogen and oxygen atoms in total. The lowest BCUT2D eigenvalue weighted by Crippen LogP contribution is -2.18. The lowest BCUT2D eigenvalue weighted by Gasteiger charge is -2.33. The summed E-state index contributed by atoms with van der Waals surface area (Å²) in [4.78, 5) is 4.97. The van der Waals surface area contributed by atoms with Crippen LogP contribution in [-0.2, 0) is 0 Å². The molecule has 9 aromatic rings. The van der Waals surface area contributed by atoms with Crippen LogP contribution in [-0.4, -0.2) is 6.10 Å². The maximum atomic E-state index is 6.90. The Bertz CT molecular complexity index is 3360. The Balaban J connectivity index is 1.18. The summed E-state index contributed by atoms with van der Waals surface area (Å²) in [5.41, 5.74) is 12.5. The first-order valence-corrected chi connectivity index (χ1v) is 22.3. The van der Waals surface area contributed by atoms with Gasteiger partial charge in [-0.05, 0) is 112 Å². The van der Waals surface area contributed by atoms with Gasteiger partial charge < -0.3 is 19.0 Å².